The molecule has 3 heteroatoms. The van der Waals surface area contributed by atoms with Crippen molar-refractivity contribution < 1.29 is 15.0 Å². The quantitative estimate of drug-likeness (QED) is 0.437. The summed E-state index contributed by atoms with van der Waals surface area (Å²) in [7, 11) is 1.78. The molecular formula is C8H20N2O+2. The zero-order valence-corrected chi connectivity index (χ0v) is 7.44. The van der Waals surface area contributed by atoms with Crippen LogP contribution in [0.5, 0.6) is 0 Å². The number of ether oxygens (including phenoxy) is 1. The lowest BCUT2D eigenvalue weighted by Gasteiger charge is -2.21. The van der Waals surface area contributed by atoms with Gasteiger partial charge in [0.25, 0.3) is 0 Å². The van der Waals surface area contributed by atoms with Crippen molar-refractivity contribution in [1.29, 1.82) is 0 Å². The second kappa shape index (κ2) is 5.52. The van der Waals surface area contributed by atoms with Crippen molar-refractivity contribution >= 4 is 0 Å². The Labute approximate surface area is 68.7 Å². The van der Waals surface area contributed by atoms with E-state index in [9.17, 15) is 0 Å². The van der Waals surface area contributed by atoms with E-state index in [1.54, 1.807) is 12.0 Å². The van der Waals surface area contributed by atoms with Crippen LogP contribution in [0.3, 0.4) is 0 Å². The van der Waals surface area contributed by atoms with Gasteiger partial charge >= 0.3 is 0 Å². The van der Waals surface area contributed by atoms with Gasteiger partial charge in [-0.15, -0.1) is 0 Å². The third kappa shape index (κ3) is 3.70. The van der Waals surface area contributed by atoms with E-state index in [0.717, 1.165) is 6.61 Å². The highest BCUT2D eigenvalue weighted by atomic mass is 16.5. The molecule has 0 amide bonds. The molecule has 0 aromatic carbocycles. The molecule has 0 radical (unpaired) electrons. The summed E-state index contributed by atoms with van der Waals surface area (Å²) in [5.74, 6) is 0. The number of quaternary nitrogens is 2. The first kappa shape index (κ1) is 8.97. The summed E-state index contributed by atoms with van der Waals surface area (Å²) in [6.07, 6.45) is 1.21. The van der Waals surface area contributed by atoms with E-state index in [1.807, 2.05) is 0 Å². The lowest BCUT2D eigenvalue weighted by Crippen LogP contribution is -3.20. The number of methoxy groups -OCH3 is 1. The van der Waals surface area contributed by atoms with Gasteiger partial charge in [0.15, 0.2) is 0 Å². The Bertz CT molecular complexity index is 92.1. The molecule has 1 rings (SSSR count). The van der Waals surface area contributed by atoms with Gasteiger partial charge in [0, 0.05) is 13.5 Å². The number of nitrogens with one attached hydrogen (secondary N) is 1. The fraction of sp³-hybridized carbons (Fsp3) is 1.00. The summed E-state index contributed by atoms with van der Waals surface area (Å²) < 4.78 is 5.01. The predicted molar refractivity (Wildman–Crippen MR) is 43.7 cm³/mol. The van der Waals surface area contributed by atoms with Crippen LogP contribution in [0, 0.1) is 0 Å². The first-order chi connectivity index (χ1) is 5.43. The second-order valence-corrected chi connectivity index (χ2v) is 3.21. The lowest BCUT2D eigenvalue weighted by atomic mass is 10.3. The molecule has 11 heavy (non-hydrogen) atoms. The van der Waals surface area contributed by atoms with Crippen LogP contribution in [0.25, 0.3) is 0 Å². The Morgan fingerprint density at radius 2 is 2.09 bits per heavy atom. The molecule has 1 fully saturated rings. The van der Waals surface area contributed by atoms with Crippen molar-refractivity contribution in [2.75, 3.05) is 46.4 Å². The Balaban J connectivity index is 1.96. The molecule has 0 aliphatic carbocycles. The average molecular weight is 160 g/mol. The molecule has 0 atom stereocenters. The summed E-state index contributed by atoms with van der Waals surface area (Å²) in [6, 6.07) is 0. The van der Waals surface area contributed by atoms with E-state index < -0.39 is 0 Å². The molecule has 0 bridgehead atoms. The van der Waals surface area contributed by atoms with Crippen LogP contribution in [0.2, 0.25) is 0 Å². The Kier molecular flexibility index (Phi) is 4.50. The summed E-state index contributed by atoms with van der Waals surface area (Å²) in [5.41, 5.74) is 0. The van der Waals surface area contributed by atoms with Gasteiger partial charge in [-0.2, -0.15) is 0 Å². The lowest BCUT2D eigenvalue weighted by molar-refractivity contribution is -0.946. The van der Waals surface area contributed by atoms with Crippen molar-refractivity contribution in [2.24, 2.45) is 0 Å². The van der Waals surface area contributed by atoms with Crippen molar-refractivity contribution in [3.8, 4) is 0 Å². The molecule has 3 nitrogen and oxygen atoms in total. The standard InChI is InChI=1S/C8H18N2O/c1-11-8-2-5-10-6-3-9-4-7-10/h9H,2-8H2,1H3/p+2. The first-order valence-corrected chi connectivity index (χ1v) is 4.57. The fourth-order valence-electron chi connectivity index (χ4n) is 1.60. The predicted octanol–water partition coefficient (Wildman–Crippen LogP) is -2.52. The number of rotatable bonds is 4. The SMILES string of the molecule is COCCC[NH+]1CC[NH2+]CC1. The number of piperazine rings is 1. The normalized spacial score (nSPS) is 20.5. The monoisotopic (exact) mass is 160 g/mol. The van der Waals surface area contributed by atoms with Crippen LogP contribution in [0.1, 0.15) is 6.42 Å². The molecule has 1 aliphatic rings. The van der Waals surface area contributed by atoms with E-state index in [4.69, 9.17) is 4.74 Å². The summed E-state index contributed by atoms with van der Waals surface area (Å²) in [5, 5.41) is 2.40. The zero-order chi connectivity index (χ0) is 7.94. The summed E-state index contributed by atoms with van der Waals surface area (Å²) in [6.45, 7) is 7.51. The molecule has 1 saturated heterocycles. The minimum Gasteiger partial charge on any atom is -0.384 e. The third-order valence-corrected chi connectivity index (χ3v) is 2.28. The van der Waals surface area contributed by atoms with Gasteiger partial charge in [0.05, 0.1) is 13.2 Å². The molecular weight excluding hydrogens is 140 g/mol. The van der Waals surface area contributed by atoms with E-state index in [2.05, 4.69) is 5.32 Å². The van der Waals surface area contributed by atoms with E-state index in [-0.39, 0.29) is 0 Å². The Morgan fingerprint density at radius 3 is 2.73 bits per heavy atom. The van der Waals surface area contributed by atoms with E-state index in [1.165, 1.54) is 39.1 Å². The van der Waals surface area contributed by atoms with Crippen molar-refractivity contribution in [3.05, 3.63) is 0 Å². The number of nitrogens with two attached hydrogens (primary N) is 1. The van der Waals surface area contributed by atoms with E-state index in [0.29, 0.717) is 0 Å². The van der Waals surface area contributed by atoms with Gasteiger partial charge in [-0.1, -0.05) is 0 Å². The Morgan fingerprint density at radius 1 is 1.36 bits per heavy atom. The smallest absolute Gasteiger partial charge is 0.127 e. The molecule has 0 aromatic rings. The maximum absolute atomic E-state index is 5.01. The summed E-state index contributed by atoms with van der Waals surface area (Å²) >= 11 is 0. The van der Waals surface area contributed by atoms with Crippen LogP contribution < -0.4 is 10.2 Å². The topological polar surface area (TPSA) is 30.3 Å². The molecule has 0 saturated carbocycles. The molecule has 1 aliphatic heterocycles. The van der Waals surface area contributed by atoms with Crippen LogP contribution in [-0.4, -0.2) is 46.4 Å². The highest BCUT2D eigenvalue weighted by Gasteiger charge is 2.13. The van der Waals surface area contributed by atoms with Gasteiger partial charge in [-0.25, -0.2) is 0 Å². The molecule has 0 unspecified atom stereocenters. The average Bonchev–Trinajstić information content (AvgIpc) is 2.07. The van der Waals surface area contributed by atoms with Gasteiger partial charge in [-0.05, 0) is 0 Å². The number of hydrogen-bond acceptors (Lipinski definition) is 1. The third-order valence-electron chi connectivity index (χ3n) is 2.28. The highest BCUT2D eigenvalue weighted by molar-refractivity contribution is 4.36. The molecule has 66 valence electrons. The molecule has 0 spiro atoms. The summed E-state index contributed by atoms with van der Waals surface area (Å²) in [4.78, 5) is 1.75. The van der Waals surface area contributed by atoms with E-state index >= 15 is 0 Å². The van der Waals surface area contributed by atoms with Gasteiger partial charge < -0.3 is 15.0 Å². The fourth-order valence-corrected chi connectivity index (χ4v) is 1.60. The minimum absolute atomic E-state index is 0.924. The van der Waals surface area contributed by atoms with Gasteiger partial charge in [0.2, 0.25) is 0 Å². The molecule has 1 heterocycles. The van der Waals surface area contributed by atoms with Crippen LogP contribution in [-0.2, 0) is 4.74 Å². The zero-order valence-electron chi connectivity index (χ0n) is 7.44. The molecule has 3 N–H and O–H groups in total. The van der Waals surface area contributed by atoms with Crippen LogP contribution in [0.15, 0.2) is 0 Å². The van der Waals surface area contributed by atoms with Crippen molar-refractivity contribution in [1.82, 2.24) is 0 Å². The first-order valence-electron chi connectivity index (χ1n) is 4.57. The maximum atomic E-state index is 5.01. The minimum atomic E-state index is 0.924. The maximum Gasteiger partial charge on any atom is 0.127 e. The van der Waals surface area contributed by atoms with Gasteiger partial charge in [0.1, 0.15) is 26.2 Å². The largest absolute Gasteiger partial charge is 0.384 e. The second-order valence-electron chi connectivity index (χ2n) is 3.21. The molecule has 0 aromatic heterocycles. The van der Waals surface area contributed by atoms with Crippen molar-refractivity contribution in [2.45, 2.75) is 6.42 Å². The van der Waals surface area contributed by atoms with Crippen LogP contribution >= 0.6 is 0 Å². The number of hydrogen-bond donors (Lipinski definition) is 2. The van der Waals surface area contributed by atoms with Gasteiger partial charge in [-0.3, -0.25) is 0 Å². The Hall–Kier alpha value is -0.120. The van der Waals surface area contributed by atoms with Crippen molar-refractivity contribution in [3.63, 3.8) is 0 Å². The highest BCUT2D eigenvalue weighted by Crippen LogP contribution is 1.73. The van der Waals surface area contributed by atoms with Crippen LogP contribution in [0.4, 0.5) is 0 Å².